The zero-order chi connectivity index (χ0) is 10.5. The van der Waals surface area contributed by atoms with Gasteiger partial charge in [0.05, 0.1) is 13.2 Å². The Bertz CT molecular complexity index is 305. The predicted octanol–water partition coefficient (Wildman–Crippen LogP) is 2.32. The molecule has 2 heterocycles. The van der Waals surface area contributed by atoms with Gasteiger partial charge >= 0.3 is 0 Å². The molecule has 80 valence electrons. The molecule has 1 aromatic heterocycles. The number of allylic oxidation sites excluding steroid dienone is 1. The zero-order valence-corrected chi connectivity index (χ0v) is 8.63. The Morgan fingerprint density at radius 1 is 1.33 bits per heavy atom. The van der Waals surface area contributed by atoms with Crippen LogP contribution in [-0.4, -0.2) is 18.2 Å². The highest BCUT2D eigenvalue weighted by Crippen LogP contribution is 2.25. The van der Waals surface area contributed by atoms with Crippen molar-refractivity contribution in [3.63, 3.8) is 0 Å². The van der Waals surface area contributed by atoms with Crippen LogP contribution in [0.5, 0.6) is 0 Å². The molecular formula is C12H15NO2. The monoisotopic (exact) mass is 205 g/mol. The Hall–Kier alpha value is -1.19. The number of hydrogen-bond acceptors (Lipinski definition) is 3. The number of pyridine rings is 1. The topological polar surface area (TPSA) is 31.4 Å². The Morgan fingerprint density at radius 2 is 2.00 bits per heavy atom. The minimum absolute atomic E-state index is 0.228. The highest BCUT2D eigenvalue weighted by atomic mass is 16.7. The molecule has 0 unspecified atom stereocenters. The molecule has 0 N–H and O–H groups in total. The van der Waals surface area contributed by atoms with E-state index in [9.17, 15) is 0 Å². The van der Waals surface area contributed by atoms with Gasteiger partial charge in [-0.15, -0.1) is 6.58 Å². The van der Waals surface area contributed by atoms with Gasteiger partial charge in [-0.1, -0.05) is 6.08 Å². The van der Waals surface area contributed by atoms with Gasteiger partial charge in [0.2, 0.25) is 0 Å². The van der Waals surface area contributed by atoms with Crippen molar-refractivity contribution >= 4 is 0 Å². The Kier molecular flexibility index (Phi) is 3.48. The second-order valence-corrected chi connectivity index (χ2v) is 3.67. The average Bonchev–Trinajstić information content (AvgIpc) is 2.32. The van der Waals surface area contributed by atoms with Crippen molar-refractivity contribution in [3.05, 3.63) is 42.7 Å². The summed E-state index contributed by atoms with van der Waals surface area (Å²) < 4.78 is 11.3. The van der Waals surface area contributed by atoms with E-state index in [1.807, 2.05) is 18.2 Å². The molecule has 15 heavy (non-hydrogen) atoms. The maximum absolute atomic E-state index is 5.63. The summed E-state index contributed by atoms with van der Waals surface area (Å²) in [5, 5.41) is 0. The molecule has 0 aromatic carbocycles. The molecule has 0 spiro atoms. The summed E-state index contributed by atoms with van der Waals surface area (Å²) in [4.78, 5) is 3.96. The van der Waals surface area contributed by atoms with Gasteiger partial charge in [0.15, 0.2) is 6.29 Å². The van der Waals surface area contributed by atoms with Crippen LogP contribution < -0.4 is 0 Å². The standard InChI is InChI=1S/C12H15NO2/c1-2-3-10-8-14-12(15-9-10)11-4-6-13-7-5-11/h2,4-7,10,12H,1,3,8-9H2. The minimum Gasteiger partial charge on any atom is -0.348 e. The van der Waals surface area contributed by atoms with Crippen LogP contribution in [0.1, 0.15) is 18.3 Å². The lowest BCUT2D eigenvalue weighted by Crippen LogP contribution is -2.26. The summed E-state index contributed by atoms with van der Waals surface area (Å²) >= 11 is 0. The van der Waals surface area contributed by atoms with Gasteiger partial charge < -0.3 is 9.47 Å². The van der Waals surface area contributed by atoms with E-state index < -0.39 is 0 Å². The average molecular weight is 205 g/mol. The van der Waals surface area contributed by atoms with E-state index in [1.54, 1.807) is 12.4 Å². The highest BCUT2D eigenvalue weighted by molar-refractivity contribution is 5.11. The summed E-state index contributed by atoms with van der Waals surface area (Å²) in [5.74, 6) is 0.445. The molecule has 2 rings (SSSR count). The van der Waals surface area contributed by atoms with Crippen LogP contribution in [-0.2, 0) is 9.47 Å². The van der Waals surface area contributed by atoms with Crippen LogP contribution in [0.4, 0.5) is 0 Å². The summed E-state index contributed by atoms with van der Waals surface area (Å²) in [5.41, 5.74) is 1.03. The van der Waals surface area contributed by atoms with Gasteiger partial charge in [-0.05, 0) is 18.6 Å². The highest BCUT2D eigenvalue weighted by Gasteiger charge is 2.22. The molecule has 0 saturated carbocycles. The predicted molar refractivity (Wildman–Crippen MR) is 57.2 cm³/mol. The molecule has 0 atom stereocenters. The number of ether oxygens (including phenoxy) is 2. The van der Waals surface area contributed by atoms with Gasteiger partial charge in [0.25, 0.3) is 0 Å². The van der Waals surface area contributed by atoms with Crippen LogP contribution in [0.25, 0.3) is 0 Å². The summed E-state index contributed by atoms with van der Waals surface area (Å²) in [6.45, 7) is 5.18. The number of aromatic nitrogens is 1. The summed E-state index contributed by atoms with van der Waals surface area (Å²) in [6.07, 6.45) is 6.12. The van der Waals surface area contributed by atoms with Crippen molar-refractivity contribution < 1.29 is 9.47 Å². The Balaban J connectivity index is 1.91. The van der Waals surface area contributed by atoms with E-state index >= 15 is 0 Å². The van der Waals surface area contributed by atoms with E-state index in [2.05, 4.69) is 11.6 Å². The molecule has 0 bridgehead atoms. The lowest BCUT2D eigenvalue weighted by molar-refractivity contribution is -0.204. The van der Waals surface area contributed by atoms with E-state index in [0.717, 1.165) is 25.2 Å². The Morgan fingerprint density at radius 3 is 2.60 bits per heavy atom. The van der Waals surface area contributed by atoms with Crippen molar-refractivity contribution in [1.82, 2.24) is 4.98 Å². The van der Waals surface area contributed by atoms with E-state index in [1.165, 1.54) is 0 Å². The molecule has 3 heteroatoms. The minimum atomic E-state index is -0.228. The maximum Gasteiger partial charge on any atom is 0.183 e. The quantitative estimate of drug-likeness (QED) is 0.710. The van der Waals surface area contributed by atoms with Gasteiger partial charge in [-0.2, -0.15) is 0 Å². The lowest BCUT2D eigenvalue weighted by atomic mass is 10.1. The van der Waals surface area contributed by atoms with Crippen LogP contribution >= 0.6 is 0 Å². The first-order valence-electron chi connectivity index (χ1n) is 5.14. The first kappa shape index (κ1) is 10.3. The molecule has 1 fully saturated rings. The fraction of sp³-hybridized carbons (Fsp3) is 0.417. The number of rotatable bonds is 3. The third-order valence-corrected chi connectivity index (χ3v) is 2.44. The lowest BCUT2D eigenvalue weighted by Gasteiger charge is -2.28. The molecule has 1 saturated heterocycles. The largest absolute Gasteiger partial charge is 0.348 e. The van der Waals surface area contributed by atoms with Crippen molar-refractivity contribution in [2.45, 2.75) is 12.7 Å². The number of nitrogens with zero attached hydrogens (tertiary/aromatic N) is 1. The smallest absolute Gasteiger partial charge is 0.183 e. The molecule has 3 nitrogen and oxygen atoms in total. The van der Waals surface area contributed by atoms with E-state index in [4.69, 9.17) is 9.47 Å². The SMILES string of the molecule is C=CCC1COC(c2ccncc2)OC1. The van der Waals surface area contributed by atoms with Crippen molar-refractivity contribution in [2.24, 2.45) is 5.92 Å². The van der Waals surface area contributed by atoms with Crippen LogP contribution in [0.15, 0.2) is 37.2 Å². The molecule has 1 aliphatic heterocycles. The third kappa shape index (κ3) is 2.64. The van der Waals surface area contributed by atoms with Crippen LogP contribution in [0.2, 0.25) is 0 Å². The molecule has 0 radical (unpaired) electrons. The van der Waals surface area contributed by atoms with Crippen LogP contribution in [0.3, 0.4) is 0 Å². The second-order valence-electron chi connectivity index (χ2n) is 3.67. The summed E-state index contributed by atoms with van der Waals surface area (Å²) in [6, 6.07) is 3.83. The van der Waals surface area contributed by atoms with Gasteiger partial charge in [-0.3, -0.25) is 4.98 Å². The van der Waals surface area contributed by atoms with Crippen molar-refractivity contribution in [3.8, 4) is 0 Å². The zero-order valence-electron chi connectivity index (χ0n) is 8.63. The Labute approximate surface area is 89.7 Å². The first-order chi connectivity index (χ1) is 7.40. The maximum atomic E-state index is 5.63. The van der Waals surface area contributed by atoms with Gasteiger partial charge in [-0.25, -0.2) is 0 Å². The molecule has 0 aliphatic carbocycles. The molecule has 1 aliphatic rings. The molecule has 0 amide bonds. The third-order valence-electron chi connectivity index (χ3n) is 2.44. The van der Waals surface area contributed by atoms with E-state index in [-0.39, 0.29) is 6.29 Å². The second kappa shape index (κ2) is 5.05. The van der Waals surface area contributed by atoms with Crippen molar-refractivity contribution in [1.29, 1.82) is 0 Å². The van der Waals surface area contributed by atoms with Gasteiger partial charge in [0, 0.05) is 23.9 Å². The summed E-state index contributed by atoms with van der Waals surface area (Å²) in [7, 11) is 0. The van der Waals surface area contributed by atoms with E-state index in [0.29, 0.717) is 5.92 Å². The first-order valence-corrected chi connectivity index (χ1v) is 5.14. The molecular weight excluding hydrogens is 190 g/mol. The number of hydrogen-bond donors (Lipinski definition) is 0. The van der Waals surface area contributed by atoms with Gasteiger partial charge in [0.1, 0.15) is 0 Å². The van der Waals surface area contributed by atoms with Crippen LogP contribution in [0, 0.1) is 5.92 Å². The molecule has 1 aromatic rings. The fourth-order valence-electron chi connectivity index (χ4n) is 1.63. The van der Waals surface area contributed by atoms with Crippen molar-refractivity contribution in [2.75, 3.05) is 13.2 Å². The fourth-order valence-corrected chi connectivity index (χ4v) is 1.63. The normalized spacial score (nSPS) is 26.1.